The van der Waals surface area contributed by atoms with Gasteiger partial charge in [-0.3, -0.25) is 4.52 Å². The van der Waals surface area contributed by atoms with E-state index in [1.165, 1.54) is 0 Å². The maximum Gasteiger partial charge on any atom is 0.508 e. The van der Waals surface area contributed by atoms with Gasteiger partial charge in [-0.05, 0) is 0 Å². The van der Waals surface area contributed by atoms with Crippen LogP contribution in [0.4, 0.5) is 4.79 Å². The normalized spacial score (nSPS) is 30.7. The molecule has 0 bridgehead atoms. The van der Waals surface area contributed by atoms with Gasteiger partial charge in [0.1, 0.15) is 20.1 Å². The SMILES string of the molecule is BC1CC(OC(=O)OC)C(COP(=O)(O)OP(=O)(O)OP(=O)(O)S)O1. The van der Waals surface area contributed by atoms with Gasteiger partial charge in [0.05, 0.1) is 13.7 Å². The van der Waals surface area contributed by atoms with Crippen molar-refractivity contribution in [2.45, 2.75) is 24.6 Å². The van der Waals surface area contributed by atoms with Gasteiger partial charge < -0.3 is 28.9 Å². The van der Waals surface area contributed by atoms with Crippen molar-refractivity contribution in [3.63, 3.8) is 0 Å². The molecule has 1 aliphatic heterocycles. The van der Waals surface area contributed by atoms with E-state index in [-0.39, 0.29) is 12.4 Å². The Labute approximate surface area is 148 Å². The van der Waals surface area contributed by atoms with Crippen LogP contribution in [0.5, 0.6) is 0 Å². The van der Waals surface area contributed by atoms with Crippen molar-refractivity contribution in [3.8, 4) is 0 Å². The van der Waals surface area contributed by atoms with E-state index in [4.69, 9.17) is 19.3 Å². The number of thiol groups is 1. The molecule has 0 aliphatic carbocycles. The summed E-state index contributed by atoms with van der Waals surface area (Å²) in [5.74, 6) is 0. The molecule has 1 aliphatic rings. The molecule has 1 saturated heterocycles. The van der Waals surface area contributed by atoms with Crippen molar-refractivity contribution < 1.29 is 60.5 Å². The lowest BCUT2D eigenvalue weighted by atomic mass is 9.96. The fraction of sp³-hybridized carbons (Fsp3) is 0.857. The Balaban J connectivity index is 2.64. The molecule has 25 heavy (non-hydrogen) atoms. The summed E-state index contributed by atoms with van der Waals surface area (Å²) in [5.41, 5.74) is 0. The molecule has 0 saturated carbocycles. The molecule has 6 atom stereocenters. The zero-order chi connectivity index (χ0) is 19.5. The molecule has 18 heteroatoms. The number of ether oxygens (including phenoxy) is 3. The average Bonchev–Trinajstić information content (AvgIpc) is 2.72. The molecule has 6 unspecified atom stereocenters. The highest BCUT2D eigenvalue weighted by atomic mass is 32.7. The fourth-order valence-corrected chi connectivity index (χ4v) is 5.69. The summed E-state index contributed by atoms with van der Waals surface area (Å²) >= 11 is 2.97. The summed E-state index contributed by atoms with van der Waals surface area (Å²) in [6, 6.07) is -0.376. The van der Waals surface area contributed by atoms with Crippen LogP contribution >= 0.6 is 34.7 Å². The van der Waals surface area contributed by atoms with Crippen molar-refractivity contribution in [2.24, 2.45) is 0 Å². The molecule has 0 aromatic heterocycles. The number of hydrogen-bond donors (Lipinski definition) is 4. The van der Waals surface area contributed by atoms with Gasteiger partial charge in [0, 0.05) is 12.4 Å². The second-order valence-corrected chi connectivity index (χ2v) is 10.7. The maximum atomic E-state index is 11.7. The minimum atomic E-state index is -5.43. The molecule has 3 N–H and O–H groups in total. The molecular formula is C7H16BO13P3S. The third-order valence-corrected chi connectivity index (χ3v) is 7.08. The lowest BCUT2D eigenvalue weighted by Crippen LogP contribution is -2.31. The van der Waals surface area contributed by atoms with Crippen molar-refractivity contribution in [1.82, 2.24) is 0 Å². The molecule has 0 spiro atoms. The zero-order valence-corrected chi connectivity index (χ0v) is 16.4. The predicted molar refractivity (Wildman–Crippen MR) is 85.7 cm³/mol. The van der Waals surface area contributed by atoms with E-state index < -0.39 is 47.4 Å². The lowest BCUT2D eigenvalue weighted by Gasteiger charge is -2.20. The van der Waals surface area contributed by atoms with Gasteiger partial charge in [0.2, 0.25) is 0 Å². The standard InChI is InChI=1S/C7H16BO13P3S/c1-16-7(9)19-4-2-6(8)18-5(4)3-17-22(10,11)20-23(12,13)21-24(14,15)25/h4-6H,2-3,8H2,1H3,(H,10,11)(H,12,13)(H2,14,15,25). The summed E-state index contributed by atoms with van der Waals surface area (Å²) < 4.78 is 60.3. The number of hydrogen-bond acceptors (Lipinski definition) is 10. The van der Waals surface area contributed by atoms with E-state index >= 15 is 0 Å². The molecule has 0 aromatic carbocycles. The summed E-state index contributed by atoms with van der Waals surface area (Å²) in [4.78, 5) is 38.4. The van der Waals surface area contributed by atoms with Crippen molar-refractivity contribution >= 4 is 48.7 Å². The predicted octanol–water partition coefficient (Wildman–Crippen LogP) is 0.167. The molecule has 1 rings (SSSR count). The first-order valence-electron chi connectivity index (χ1n) is 6.41. The van der Waals surface area contributed by atoms with Crippen LogP contribution in [0.25, 0.3) is 0 Å². The van der Waals surface area contributed by atoms with Gasteiger partial charge in [0.15, 0.2) is 0 Å². The number of carbonyl (C=O) groups excluding carboxylic acids is 1. The highest BCUT2D eigenvalue weighted by Gasteiger charge is 2.42. The average molecular weight is 444 g/mol. The Morgan fingerprint density at radius 1 is 1.24 bits per heavy atom. The number of methoxy groups -OCH3 is 1. The first kappa shape index (κ1) is 23.1. The van der Waals surface area contributed by atoms with Crippen LogP contribution in [0.1, 0.15) is 6.42 Å². The fourth-order valence-electron chi connectivity index (χ4n) is 1.83. The van der Waals surface area contributed by atoms with E-state index in [0.717, 1.165) is 7.11 Å². The third-order valence-electron chi connectivity index (χ3n) is 2.62. The smallest absolute Gasteiger partial charge is 0.438 e. The zero-order valence-electron chi connectivity index (χ0n) is 12.9. The second kappa shape index (κ2) is 8.86. The minimum Gasteiger partial charge on any atom is -0.438 e. The Kier molecular flexibility index (Phi) is 8.20. The molecular weight excluding hydrogens is 428 g/mol. The van der Waals surface area contributed by atoms with Crippen LogP contribution in [-0.2, 0) is 41.1 Å². The van der Waals surface area contributed by atoms with Crippen molar-refractivity contribution in [2.75, 3.05) is 13.7 Å². The molecule has 1 fully saturated rings. The highest BCUT2D eigenvalue weighted by Crippen LogP contribution is 2.68. The van der Waals surface area contributed by atoms with Gasteiger partial charge in [-0.1, -0.05) is 12.2 Å². The van der Waals surface area contributed by atoms with Crippen molar-refractivity contribution in [3.05, 3.63) is 0 Å². The molecule has 146 valence electrons. The Bertz CT molecular complexity index is 623. The first-order valence-corrected chi connectivity index (χ1v) is 12.1. The van der Waals surface area contributed by atoms with Gasteiger partial charge in [0.25, 0.3) is 0 Å². The summed E-state index contributed by atoms with van der Waals surface area (Å²) in [6.45, 7) is -5.45. The van der Waals surface area contributed by atoms with E-state index in [1.807, 2.05) is 0 Å². The number of carbonyl (C=O) groups is 1. The lowest BCUT2D eigenvalue weighted by molar-refractivity contribution is -0.0277. The molecule has 0 aromatic rings. The van der Waals surface area contributed by atoms with E-state index in [2.05, 4.69) is 30.1 Å². The van der Waals surface area contributed by atoms with Crippen LogP contribution in [0.15, 0.2) is 0 Å². The highest BCUT2D eigenvalue weighted by molar-refractivity contribution is 8.44. The molecule has 13 nitrogen and oxygen atoms in total. The number of rotatable bonds is 8. The van der Waals surface area contributed by atoms with Crippen molar-refractivity contribution in [1.29, 1.82) is 0 Å². The van der Waals surface area contributed by atoms with Gasteiger partial charge in [-0.15, -0.1) is 0 Å². The van der Waals surface area contributed by atoms with E-state index in [0.29, 0.717) is 0 Å². The quantitative estimate of drug-likeness (QED) is 0.172. The van der Waals surface area contributed by atoms with Gasteiger partial charge in [-0.2, -0.15) is 8.62 Å². The molecule has 0 radical (unpaired) electrons. The van der Waals surface area contributed by atoms with Crippen LogP contribution in [-0.4, -0.2) is 60.6 Å². The summed E-state index contributed by atoms with van der Waals surface area (Å²) in [7, 11) is -7.89. The largest absolute Gasteiger partial charge is 0.508 e. The van der Waals surface area contributed by atoms with E-state index in [9.17, 15) is 23.4 Å². The van der Waals surface area contributed by atoms with E-state index in [1.54, 1.807) is 7.85 Å². The molecule has 0 amide bonds. The van der Waals surface area contributed by atoms with Crippen LogP contribution < -0.4 is 0 Å². The Hall–Kier alpha value is 0.0949. The molecule has 1 heterocycles. The van der Waals surface area contributed by atoms with Gasteiger partial charge >= 0.3 is 28.6 Å². The van der Waals surface area contributed by atoms with Crippen LogP contribution in [0.2, 0.25) is 0 Å². The number of phosphoric ester groups is 1. The van der Waals surface area contributed by atoms with Gasteiger partial charge in [-0.25, -0.2) is 18.5 Å². The maximum absolute atomic E-state index is 11.7. The summed E-state index contributed by atoms with van der Waals surface area (Å²) in [6.07, 6.45) is -2.62. The topological polar surface area (TPSA) is 184 Å². The summed E-state index contributed by atoms with van der Waals surface area (Å²) in [5, 5.41) is 0. The number of phosphoric acid groups is 2. The minimum absolute atomic E-state index is 0.245. The Morgan fingerprint density at radius 2 is 1.84 bits per heavy atom. The monoisotopic (exact) mass is 444 g/mol. The first-order chi connectivity index (χ1) is 11.2. The van der Waals surface area contributed by atoms with Crippen LogP contribution in [0, 0.1) is 0 Å². The second-order valence-electron chi connectivity index (χ2n) is 4.72. The Morgan fingerprint density at radius 3 is 2.36 bits per heavy atom. The van der Waals surface area contributed by atoms with Crippen LogP contribution in [0.3, 0.4) is 0 Å². The third kappa shape index (κ3) is 9.03.